The molecule has 0 bridgehead atoms. The van der Waals surface area contributed by atoms with E-state index in [1.165, 1.54) is 38.1 Å². The van der Waals surface area contributed by atoms with E-state index in [4.69, 9.17) is 4.42 Å². The van der Waals surface area contributed by atoms with Gasteiger partial charge in [-0.15, -0.1) is 0 Å². The Morgan fingerprint density at radius 3 is 1.80 bits per heavy atom. The predicted molar refractivity (Wildman–Crippen MR) is 231 cm³/mol. The second-order valence-electron chi connectivity index (χ2n) is 14.1. The summed E-state index contributed by atoms with van der Waals surface area (Å²) in [6, 6.07) is 73.9. The van der Waals surface area contributed by atoms with Crippen LogP contribution in [0.15, 0.2) is 211 Å². The highest BCUT2D eigenvalue weighted by Crippen LogP contribution is 2.43. The quantitative estimate of drug-likeness (QED) is 0.172. The summed E-state index contributed by atoms with van der Waals surface area (Å²) < 4.78 is 8.84. The summed E-state index contributed by atoms with van der Waals surface area (Å²) in [6.07, 6.45) is 0. The van der Waals surface area contributed by atoms with Gasteiger partial charge in [-0.1, -0.05) is 152 Å². The summed E-state index contributed by atoms with van der Waals surface area (Å²) in [4.78, 5) is 2.39. The summed E-state index contributed by atoms with van der Waals surface area (Å²) in [6.45, 7) is 0. The first kappa shape index (κ1) is 31.2. The predicted octanol–water partition coefficient (Wildman–Crippen LogP) is 14.6. The molecule has 0 fully saturated rings. The molecule has 0 radical (unpaired) electrons. The smallest absolute Gasteiger partial charge is 0.143 e. The number of fused-ring (bicyclic) bond motifs is 7. The topological polar surface area (TPSA) is 21.3 Å². The minimum absolute atomic E-state index is 0.906. The molecule has 0 unspecified atom stereocenters. The SMILES string of the molecule is c1cc(-c2ccccc2-n2c3ccccc3c3ccccc32)cc(N(c2ccc(-c3cccc4c3oc3ccccc34)cc2)c2cccc3ccccc23)c1. The van der Waals surface area contributed by atoms with Crippen molar-refractivity contribution in [2.24, 2.45) is 0 Å². The molecule has 55 heavy (non-hydrogen) atoms. The molecular weight excluding hydrogens is 669 g/mol. The molecule has 0 aliphatic heterocycles. The van der Waals surface area contributed by atoms with E-state index in [9.17, 15) is 0 Å². The summed E-state index contributed by atoms with van der Waals surface area (Å²) >= 11 is 0. The van der Waals surface area contributed by atoms with Crippen molar-refractivity contribution >= 4 is 71.6 Å². The van der Waals surface area contributed by atoms with Crippen molar-refractivity contribution in [3.05, 3.63) is 206 Å². The van der Waals surface area contributed by atoms with Gasteiger partial charge in [0.1, 0.15) is 11.2 Å². The van der Waals surface area contributed by atoms with Crippen LogP contribution in [0, 0.1) is 0 Å². The molecule has 2 heterocycles. The van der Waals surface area contributed by atoms with Gasteiger partial charge in [-0.25, -0.2) is 0 Å². The van der Waals surface area contributed by atoms with Crippen LogP contribution in [-0.4, -0.2) is 4.57 Å². The monoisotopic (exact) mass is 702 g/mol. The van der Waals surface area contributed by atoms with Gasteiger partial charge in [0.2, 0.25) is 0 Å². The second-order valence-corrected chi connectivity index (χ2v) is 14.1. The first-order valence-corrected chi connectivity index (χ1v) is 18.8. The Morgan fingerprint density at radius 2 is 0.982 bits per heavy atom. The van der Waals surface area contributed by atoms with Gasteiger partial charge < -0.3 is 13.9 Å². The van der Waals surface area contributed by atoms with Crippen molar-refractivity contribution in [3.63, 3.8) is 0 Å². The lowest BCUT2D eigenvalue weighted by atomic mass is 10.00. The maximum absolute atomic E-state index is 6.43. The van der Waals surface area contributed by atoms with Gasteiger partial charge in [-0.2, -0.15) is 0 Å². The van der Waals surface area contributed by atoms with Gasteiger partial charge in [0.15, 0.2) is 0 Å². The first-order valence-electron chi connectivity index (χ1n) is 18.8. The van der Waals surface area contributed by atoms with Gasteiger partial charge in [0.05, 0.1) is 22.4 Å². The minimum atomic E-state index is 0.906. The van der Waals surface area contributed by atoms with E-state index >= 15 is 0 Å². The number of furan rings is 1. The Bertz CT molecular complexity index is 3160. The van der Waals surface area contributed by atoms with Crippen molar-refractivity contribution < 1.29 is 4.42 Å². The molecule has 9 aromatic carbocycles. The lowest BCUT2D eigenvalue weighted by Gasteiger charge is -2.27. The molecule has 11 aromatic rings. The molecule has 2 aromatic heterocycles. The Morgan fingerprint density at radius 1 is 0.382 bits per heavy atom. The van der Waals surface area contributed by atoms with Crippen LogP contribution in [0.2, 0.25) is 0 Å². The largest absolute Gasteiger partial charge is 0.455 e. The third-order valence-electron chi connectivity index (χ3n) is 11.0. The van der Waals surface area contributed by atoms with Gasteiger partial charge in [0.25, 0.3) is 0 Å². The molecule has 3 nitrogen and oxygen atoms in total. The Kier molecular flexibility index (Phi) is 7.17. The Labute approximate surface area is 318 Å². The molecule has 258 valence electrons. The zero-order valence-electron chi connectivity index (χ0n) is 29.9. The molecular formula is C52H34N2O. The number of hydrogen-bond donors (Lipinski definition) is 0. The fraction of sp³-hybridized carbons (Fsp3) is 0. The van der Waals surface area contributed by atoms with Crippen LogP contribution >= 0.6 is 0 Å². The molecule has 3 heteroatoms. The number of benzene rings is 9. The van der Waals surface area contributed by atoms with E-state index in [0.717, 1.165) is 61.4 Å². The van der Waals surface area contributed by atoms with Crippen LogP contribution < -0.4 is 4.90 Å². The number of nitrogens with zero attached hydrogens (tertiary/aromatic N) is 2. The van der Waals surface area contributed by atoms with Gasteiger partial charge in [-0.3, -0.25) is 0 Å². The maximum Gasteiger partial charge on any atom is 0.143 e. The van der Waals surface area contributed by atoms with E-state index in [2.05, 4.69) is 204 Å². The minimum Gasteiger partial charge on any atom is -0.455 e. The zero-order chi connectivity index (χ0) is 36.3. The van der Waals surface area contributed by atoms with Crippen LogP contribution in [0.5, 0.6) is 0 Å². The molecule has 0 saturated carbocycles. The average molecular weight is 703 g/mol. The van der Waals surface area contributed by atoms with E-state index in [-0.39, 0.29) is 0 Å². The molecule has 0 saturated heterocycles. The van der Waals surface area contributed by atoms with E-state index in [0.29, 0.717) is 0 Å². The number of anilines is 3. The fourth-order valence-corrected chi connectivity index (χ4v) is 8.50. The Hall–Kier alpha value is -7.36. The van der Waals surface area contributed by atoms with Crippen molar-refractivity contribution in [2.75, 3.05) is 4.90 Å². The summed E-state index contributed by atoms with van der Waals surface area (Å²) in [5, 5.41) is 7.17. The first-order chi connectivity index (χ1) is 27.3. The molecule has 0 amide bonds. The number of aromatic nitrogens is 1. The standard InChI is InChI=1S/C52H34N2O/c1-2-18-40-35(14-1)15-12-28-47(40)53(38-32-30-36(31-33-38)42-23-13-24-46-45-22-6-10-29-51(45)55-52(42)46)39-17-11-16-37(34-39)41-19-3-7-25-48(41)54-49-26-8-4-20-43(49)44-21-5-9-27-50(44)54/h1-34H. The van der Waals surface area contributed by atoms with E-state index < -0.39 is 0 Å². The third kappa shape index (κ3) is 5.05. The van der Waals surface area contributed by atoms with Gasteiger partial charge in [0, 0.05) is 49.4 Å². The Balaban J connectivity index is 1.07. The van der Waals surface area contributed by atoms with Crippen LogP contribution in [-0.2, 0) is 0 Å². The van der Waals surface area contributed by atoms with Crippen molar-refractivity contribution in [1.82, 2.24) is 4.57 Å². The van der Waals surface area contributed by atoms with Crippen molar-refractivity contribution in [3.8, 4) is 27.9 Å². The highest BCUT2D eigenvalue weighted by molar-refractivity contribution is 6.11. The normalized spacial score (nSPS) is 11.6. The van der Waals surface area contributed by atoms with Crippen LogP contribution in [0.25, 0.3) is 82.5 Å². The van der Waals surface area contributed by atoms with E-state index in [1.54, 1.807) is 0 Å². The third-order valence-corrected chi connectivity index (χ3v) is 11.0. The van der Waals surface area contributed by atoms with Crippen molar-refractivity contribution in [1.29, 1.82) is 0 Å². The lowest BCUT2D eigenvalue weighted by molar-refractivity contribution is 0.670. The molecule has 11 rings (SSSR count). The molecule has 0 N–H and O–H groups in total. The molecule has 0 spiro atoms. The average Bonchev–Trinajstić information content (AvgIpc) is 3.80. The number of para-hydroxylation sites is 5. The molecule has 0 aliphatic carbocycles. The van der Waals surface area contributed by atoms with Gasteiger partial charge >= 0.3 is 0 Å². The number of hydrogen-bond acceptors (Lipinski definition) is 2. The van der Waals surface area contributed by atoms with E-state index in [1.807, 2.05) is 12.1 Å². The maximum atomic E-state index is 6.43. The highest BCUT2D eigenvalue weighted by atomic mass is 16.3. The zero-order valence-corrected chi connectivity index (χ0v) is 29.9. The molecule has 0 atom stereocenters. The van der Waals surface area contributed by atoms with Crippen LogP contribution in [0.4, 0.5) is 17.1 Å². The fourth-order valence-electron chi connectivity index (χ4n) is 8.50. The van der Waals surface area contributed by atoms with Gasteiger partial charge in [-0.05, 0) is 71.1 Å². The summed E-state index contributed by atoms with van der Waals surface area (Å²) in [5.74, 6) is 0. The second kappa shape index (κ2) is 12.6. The van der Waals surface area contributed by atoms with Crippen molar-refractivity contribution in [2.45, 2.75) is 0 Å². The van der Waals surface area contributed by atoms with Crippen LogP contribution in [0.3, 0.4) is 0 Å². The number of rotatable bonds is 6. The van der Waals surface area contributed by atoms with Crippen LogP contribution in [0.1, 0.15) is 0 Å². The summed E-state index contributed by atoms with van der Waals surface area (Å²) in [7, 11) is 0. The summed E-state index contributed by atoms with van der Waals surface area (Å²) in [5.41, 5.74) is 13.2. The highest BCUT2D eigenvalue weighted by Gasteiger charge is 2.19. The molecule has 0 aliphatic rings. The lowest BCUT2D eigenvalue weighted by Crippen LogP contribution is -2.10.